The van der Waals surface area contributed by atoms with Gasteiger partial charge in [0.25, 0.3) is 5.91 Å². The largest absolute Gasteiger partial charge is 0.337 e. The lowest BCUT2D eigenvalue weighted by Gasteiger charge is -2.16. The van der Waals surface area contributed by atoms with Gasteiger partial charge in [0.05, 0.1) is 6.54 Å². The lowest BCUT2D eigenvalue weighted by molar-refractivity contribution is 0.0786. The molecule has 0 aliphatic heterocycles. The van der Waals surface area contributed by atoms with Gasteiger partial charge in [-0.25, -0.2) is 0 Å². The van der Waals surface area contributed by atoms with Crippen molar-refractivity contribution in [3.8, 4) is 0 Å². The summed E-state index contributed by atoms with van der Waals surface area (Å²) in [4.78, 5) is 15.0. The van der Waals surface area contributed by atoms with E-state index >= 15 is 0 Å². The zero-order chi connectivity index (χ0) is 14.0. The Bertz CT molecular complexity index is 594. The smallest absolute Gasteiger partial charge is 0.254 e. The third kappa shape index (κ3) is 3.96. The van der Waals surface area contributed by atoms with E-state index in [1.54, 1.807) is 41.5 Å². The van der Waals surface area contributed by atoms with Crippen molar-refractivity contribution in [3.63, 3.8) is 0 Å². The maximum absolute atomic E-state index is 12.3. The van der Waals surface area contributed by atoms with Crippen molar-refractivity contribution >= 4 is 56.4 Å². The highest BCUT2D eigenvalue weighted by atomic mass is 79.9. The summed E-state index contributed by atoms with van der Waals surface area (Å²) in [6.45, 7) is 0.555. The lowest BCUT2D eigenvalue weighted by atomic mass is 10.2. The monoisotopic (exact) mass is 377 g/mol. The Morgan fingerprint density at radius 1 is 1.26 bits per heavy atom. The Kier molecular flexibility index (Phi) is 4.90. The molecule has 0 bridgehead atoms. The van der Waals surface area contributed by atoms with Crippen molar-refractivity contribution < 1.29 is 4.79 Å². The first-order chi connectivity index (χ1) is 8.95. The molecule has 0 spiro atoms. The Morgan fingerprint density at radius 3 is 2.42 bits per heavy atom. The molecule has 6 heteroatoms. The van der Waals surface area contributed by atoms with E-state index in [1.807, 2.05) is 11.4 Å². The zero-order valence-corrected chi connectivity index (χ0v) is 13.9. The molecular formula is C13H10BrCl2NOS. The van der Waals surface area contributed by atoms with Crippen molar-refractivity contribution in [2.24, 2.45) is 0 Å². The van der Waals surface area contributed by atoms with Crippen LogP contribution in [0.25, 0.3) is 0 Å². The number of benzene rings is 1. The zero-order valence-electron chi connectivity index (χ0n) is 9.99. The van der Waals surface area contributed by atoms with Crippen LogP contribution in [0, 0.1) is 0 Å². The standard InChI is InChI=1S/C13H10BrCl2NOS/c1-17(6-12-4-9(14)7-19-12)13(18)8-2-10(15)5-11(16)3-8/h2-5,7H,6H2,1H3. The molecule has 1 amide bonds. The van der Waals surface area contributed by atoms with E-state index < -0.39 is 0 Å². The number of amides is 1. The molecule has 0 aliphatic carbocycles. The van der Waals surface area contributed by atoms with Gasteiger partial charge in [-0.2, -0.15) is 0 Å². The van der Waals surface area contributed by atoms with Crippen molar-refractivity contribution in [2.45, 2.75) is 6.54 Å². The predicted octanol–water partition coefficient (Wildman–Crippen LogP) is 5.09. The second-order valence-electron chi connectivity index (χ2n) is 4.05. The minimum Gasteiger partial charge on any atom is -0.337 e. The number of hydrogen-bond acceptors (Lipinski definition) is 2. The molecule has 0 saturated carbocycles. The van der Waals surface area contributed by atoms with Crippen LogP contribution in [0.1, 0.15) is 15.2 Å². The second kappa shape index (κ2) is 6.27. The quantitative estimate of drug-likeness (QED) is 0.728. The summed E-state index contributed by atoms with van der Waals surface area (Å²) < 4.78 is 1.03. The first kappa shape index (κ1) is 14.9. The normalized spacial score (nSPS) is 10.5. The molecular weight excluding hydrogens is 369 g/mol. The average molecular weight is 379 g/mol. The maximum Gasteiger partial charge on any atom is 0.254 e. The number of halogens is 3. The summed E-state index contributed by atoms with van der Waals surface area (Å²) in [7, 11) is 1.75. The van der Waals surface area contributed by atoms with Gasteiger partial charge in [0.1, 0.15) is 0 Å². The molecule has 0 aliphatic rings. The van der Waals surface area contributed by atoms with Gasteiger partial charge in [0.15, 0.2) is 0 Å². The fraction of sp³-hybridized carbons (Fsp3) is 0.154. The second-order valence-corrected chi connectivity index (χ2v) is 6.83. The highest BCUT2D eigenvalue weighted by Crippen LogP contribution is 2.23. The van der Waals surface area contributed by atoms with E-state index in [-0.39, 0.29) is 5.91 Å². The molecule has 100 valence electrons. The molecule has 2 aromatic rings. The Hall–Kier alpha value is -0.550. The first-order valence-electron chi connectivity index (χ1n) is 5.40. The number of carbonyl (C=O) groups is 1. The molecule has 0 N–H and O–H groups in total. The van der Waals surface area contributed by atoms with E-state index in [2.05, 4.69) is 15.9 Å². The highest BCUT2D eigenvalue weighted by molar-refractivity contribution is 9.10. The lowest BCUT2D eigenvalue weighted by Crippen LogP contribution is -2.25. The van der Waals surface area contributed by atoms with Gasteiger partial charge in [0, 0.05) is 37.4 Å². The fourth-order valence-electron chi connectivity index (χ4n) is 1.64. The third-order valence-corrected chi connectivity index (χ3v) is 4.59. The minimum atomic E-state index is -0.103. The summed E-state index contributed by atoms with van der Waals surface area (Å²) >= 11 is 16.8. The molecule has 0 saturated heterocycles. The minimum absolute atomic E-state index is 0.103. The van der Waals surface area contributed by atoms with Gasteiger partial charge in [-0.05, 0) is 40.2 Å². The highest BCUT2D eigenvalue weighted by Gasteiger charge is 2.14. The molecule has 1 aromatic heterocycles. The summed E-state index contributed by atoms with van der Waals surface area (Å²) in [5.74, 6) is -0.103. The third-order valence-electron chi connectivity index (χ3n) is 2.47. The number of carbonyl (C=O) groups excluding carboxylic acids is 1. The van der Waals surface area contributed by atoms with E-state index in [9.17, 15) is 4.79 Å². The molecule has 1 aromatic carbocycles. The number of hydrogen-bond donors (Lipinski definition) is 0. The van der Waals surface area contributed by atoms with Crippen LogP contribution in [0.2, 0.25) is 10.0 Å². The van der Waals surface area contributed by atoms with Crippen LogP contribution < -0.4 is 0 Å². The predicted molar refractivity (Wildman–Crippen MR) is 84.3 cm³/mol. The molecule has 0 fully saturated rings. The van der Waals surface area contributed by atoms with Crippen molar-refractivity contribution in [3.05, 3.63) is 54.6 Å². The Labute approximate surface area is 134 Å². The van der Waals surface area contributed by atoms with Crippen molar-refractivity contribution in [1.29, 1.82) is 0 Å². The Balaban J connectivity index is 2.14. The molecule has 2 nitrogen and oxygen atoms in total. The van der Waals surface area contributed by atoms with Crippen molar-refractivity contribution in [1.82, 2.24) is 4.90 Å². The van der Waals surface area contributed by atoms with Crippen LogP contribution in [0.5, 0.6) is 0 Å². The summed E-state index contributed by atoms with van der Waals surface area (Å²) in [6, 6.07) is 6.85. The van der Waals surface area contributed by atoms with E-state index in [1.165, 1.54) is 0 Å². The van der Waals surface area contributed by atoms with E-state index in [0.717, 1.165) is 9.35 Å². The Morgan fingerprint density at radius 2 is 1.89 bits per heavy atom. The van der Waals surface area contributed by atoms with Gasteiger partial charge >= 0.3 is 0 Å². The molecule has 2 rings (SSSR count). The van der Waals surface area contributed by atoms with Crippen molar-refractivity contribution in [2.75, 3.05) is 7.05 Å². The maximum atomic E-state index is 12.3. The van der Waals surface area contributed by atoms with Gasteiger partial charge in [-0.15, -0.1) is 11.3 Å². The molecule has 0 radical (unpaired) electrons. The van der Waals surface area contributed by atoms with Crippen LogP contribution in [0.4, 0.5) is 0 Å². The van der Waals surface area contributed by atoms with Crippen LogP contribution in [0.3, 0.4) is 0 Å². The van der Waals surface area contributed by atoms with Crippen LogP contribution in [-0.4, -0.2) is 17.9 Å². The summed E-state index contributed by atoms with van der Waals surface area (Å²) in [6.07, 6.45) is 0. The van der Waals surface area contributed by atoms with Gasteiger partial charge in [-0.1, -0.05) is 23.2 Å². The SMILES string of the molecule is CN(Cc1cc(Br)cs1)C(=O)c1cc(Cl)cc(Cl)c1. The van der Waals surface area contributed by atoms with Gasteiger partial charge in [-0.3, -0.25) is 4.79 Å². The van der Waals surface area contributed by atoms with Crippen LogP contribution >= 0.6 is 50.5 Å². The number of thiophene rings is 1. The van der Waals surface area contributed by atoms with Crippen LogP contribution in [0.15, 0.2) is 34.1 Å². The van der Waals surface area contributed by atoms with Crippen LogP contribution in [-0.2, 0) is 6.54 Å². The van der Waals surface area contributed by atoms with Gasteiger partial charge < -0.3 is 4.90 Å². The summed E-state index contributed by atoms with van der Waals surface area (Å²) in [5, 5.41) is 2.91. The average Bonchev–Trinajstić information content (AvgIpc) is 2.72. The summed E-state index contributed by atoms with van der Waals surface area (Å²) in [5.41, 5.74) is 0.496. The molecule has 0 atom stereocenters. The van der Waals surface area contributed by atoms with E-state index in [4.69, 9.17) is 23.2 Å². The molecule has 19 heavy (non-hydrogen) atoms. The fourth-order valence-corrected chi connectivity index (χ4v) is 3.67. The first-order valence-corrected chi connectivity index (χ1v) is 7.83. The van der Waals surface area contributed by atoms with Gasteiger partial charge in [0.2, 0.25) is 0 Å². The number of rotatable bonds is 3. The topological polar surface area (TPSA) is 20.3 Å². The molecule has 0 unspecified atom stereocenters. The molecule has 1 heterocycles. The van der Waals surface area contributed by atoms with E-state index in [0.29, 0.717) is 22.2 Å². The number of nitrogens with zero attached hydrogens (tertiary/aromatic N) is 1.